The van der Waals surface area contributed by atoms with Crippen molar-refractivity contribution in [1.29, 1.82) is 0 Å². The highest BCUT2D eigenvalue weighted by Gasteiger charge is 2.43. The number of carbonyl (C=O) groups excluding carboxylic acids is 3. The molecule has 0 saturated heterocycles. The number of alkyl carbamates (subject to hydrolysis) is 1. The van der Waals surface area contributed by atoms with Crippen LogP contribution in [0.4, 0.5) is 10.5 Å². The van der Waals surface area contributed by atoms with Crippen LogP contribution >= 0.6 is 0 Å². The molecule has 1 saturated carbocycles. The van der Waals surface area contributed by atoms with Gasteiger partial charge < -0.3 is 20.3 Å². The van der Waals surface area contributed by atoms with Crippen molar-refractivity contribution in [2.75, 3.05) is 5.32 Å². The fraction of sp³-hybridized carbons (Fsp3) is 0.464. The topological polar surface area (TPSA) is 87.7 Å². The molecular formula is C28H37N3O4. The van der Waals surface area contributed by atoms with Gasteiger partial charge in [0.2, 0.25) is 5.91 Å². The molecular weight excluding hydrogens is 442 g/mol. The van der Waals surface area contributed by atoms with Gasteiger partial charge in [0.1, 0.15) is 17.7 Å². The number of para-hydroxylation sites is 1. The minimum atomic E-state index is -0.857. The maximum Gasteiger partial charge on any atom is 0.408 e. The molecule has 3 amide bonds. The molecule has 2 aromatic carbocycles. The number of amides is 3. The van der Waals surface area contributed by atoms with E-state index in [1.165, 1.54) is 0 Å². The average Bonchev–Trinajstić information content (AvgIpc) is 3.57. The second-order valence-electron chi connectivity index (χ2n) is 10.4. The van der Waals surface area contributed by atoms with Crippen molar-refractivity contribution < 1.29 is 19.1 Å². The van der Waals surface area contributed by atoms with Crippen molar-refractivity contribution in [3.05, 3.63) is 64.7 Å². The smallest absolute Gasteiger partial charge is 0.408 e. The Morgan fingerprint density at radius 2 is 1.66 bits per heavy atom. The summed E-state index contributed by atoms with van der Waals surface area (Å²) in [6.45, 7) is 12.8. The Balaban J connectivity index is 1.96. The second-order valence-corrected chi connectivity index (χ2v) is 10.4. The summed E-state index contributed by atoms with van der Waals surface area (Å²) in [5.74, 6) is -0.598. The molecule has 7 nitrogen and oxygen atoms in total. The van der Waals surface area contributed by atoms with E-state index >= 15 is 0 Å². The van der Waals surface area contributed by atoms with E-state index in [2.05, 4.69) is 10.6 Å². The predicted molar refractivity (Wildman–Crippen MR) is 137 cm³/mol. The molecule has 2 aromatic rings. The van der Waals surface area contributed by atoms with Gasteiger partial charge in [-0.15, -0.1) is 0 Å². The minimum absolute atomic E-state index is 0.0706. The molecule has 3 rings (SSSR count). The van der Waals surface area contributed by atoms with Crippen molar-refractivity contribution in [2.45, 2.75) is 85.0 Å². The lowest BCUT2D eigenvalue weighted by atomic mass is 9.96. The highest BCUT2D eigenvalue weighted by molar-refractivity contribution is 5.99. The highest BCUT2D eigenvalue weighted by Crippen LogP contribution is 2.37. The second kappa shape index (κ2) is 10.5. The van der Waals surface area contributed by atoms with Crippen molar-refractivity contribution in [1.82, 2.24) is 10.2 Å². The van der Waals surface area contributed by atoms with Crippen LogP contribution in [-0.4, -0.2) is 40.5 Å². The molecule has 7 heteroatoms. The fourth-order valence-electron chi connectivity index (χ4n) is 4.10. The molecule has 1 aliphatic rings. The molecule has 0 bridgehead atoms. The van der Waals surface area contributed by atoms with Crippen molar-refractivity contribution in [2.24, 2.45) is 0 Å². The first-order valence-corrected chi connectivity index (χ1v) is 12.1. The first-order valence-electron chi connectivity index (χ1n) is 12.1. The van der Waals surface area contributed by atoms with Crippen LogP contribution in [0.1, 0.15) is 68.8 Å². The number of ether oxygens (including phenoxy) is 1. The Hall–Kier alpha value is -3.35. The van der Waals surface area contributed by atoms with Crippen LogP contribution in [0.25, 0.3) is 0 Å². The zero-order valence-electron chi connectivity index (χ0n) is 21.8. The zero-order chi connectivity index (χ0) is 25.9. The summed E-state index contributed by atoms with van der Waals surface area (Å²) in [7, 11) is 0. The third kappa shape index (κ3) is 6.84. The SMILES string of the molecule is Cc1ccc(C(C(=O)Nc2ccccc2C)N(C(=O)C(C)NC(=O)OC(C)(C)C)C2CC2)c(C)c1. The molecule has 188 valence electrons. The van der Waals surface area contributed by atoms with Gasteiger partial charge in [-0.25, -0.2) is 4.79 Å². The van der Waals surface area contributed by atoms with Gasteiger partial charge >= 0.3 is 6.09 Å². The maximum absolute atomic E-state index is 13.8. The Morgan fingerprint density at radius 3 is 2.23 bits per heavy atom. The number of nitrogens with zero attached hydrogens (tertiary/aromatic N) is 1. The van der Waals surface area contributed by atoms with E-state index in [1.807, 2.05) is 63.2 Å². The van der Waals surface area contributed by atoms with Crippen LogP contribution in [0.3, 0.4) is 0 Å². The fourth-order valence-corrected chi connectivity index (χ4v) is 4.10. The van der Waals surface area contributed by atoms with Crippen LogP contribution in [-0.2, 0) is 14.3 Å². The highest BCUT2D eigenvalue weighted by atomic mass is 16.6. The number of anilines is 1. The number of aryl methyl sites for hydroxylation is 3. The van der Waals surface area contributed by atoms with Crippen LogP contribution < -0.4 is 10.6 Å². The molecule has 0 spiro atoms. The monoisotopic (exact) mass is 479 g/mol. The van der Waals surface area contributed by atoms with Crippen molar-refractivity contribution >= 4 is 23.6 Å². The van der Waals surface area contributed by atoms with Gasteiger partial charge in [-0.3, -0.25) is 9.59 Å². The maximum atomic E-state index is 13.8. The summed E-state index contributed by atoms with van der Waals surface area (Å²) >= 11 is 0. The Labute approximate surface area is 208 Å². The Kier molecular flexibility index (Phi) is 7.88. The standard InChI is InChI=1S/C28H37N3O4/c1-17-12-15-22(19(3)16-17)24(25(32)30-23-11-9-8-10-18(23)2)31(21-13-14-21)26(33)20(4)29-27(34)35-28(5,6)7/h8-12,15-16,20-21,24H,13-14H2,1-7H3,(H,29,34)(H,30,32). The predicted octanol–water partition coefficient (Wildman–Crippen LogP) is 5.20. The number of nitrogens with one attached hydrogen (secondary N) is 2. The third-order valence-corrected chi connectivity index (χ3v) is 5.95. The summed E-state index contributed by atoms with van der Waals surface area (Å²) < 4.78 is 5.33. The van der Waals surface area contributed by atoms with Crippen molar-refractivity contribution in [3.63, 3.8) is 0 Å². The van der Waals surface area contributed by atoms with Gasteiger partial charge in [0.15, 0.2) is 0 Å². The van der Waals surface area contributed by atoms with Gasteiger partial charge in [0.25, 0.3) is 5.91 Å². The molecule has 0 radical (unpaired) electrons. The average molecular weight is 480 g/mol. The van der Waals surface area contributed by atoms with Crippen molar-refractivity contribution in [3.8, 4) is 0 Å². The van der Waals surface area contributed by atoms with E-state index < -0.39 is 23.8 Å². The third-order valence-electron chi connectivity index (χ3n) is 5.95. The molecule has 2 N–H and O–H groups in total. The van der Waals surface area contributed by atoms with Crippen LogP contribution in [0, 0.1) is 20.8 Å². The number of carbonyl (C=O) groups is 3. The largest absolute Gasteiger partial charge is 0.444 e. The minimum Gasteiger partial charge on any atom is -0.444 e. The lowest BCUT2D eigenvalue weighted by molar-refractivity contribution is -0.141. The lowest BCUT2D eigenvalue weighted by Crippen LogP contribution is -2.52. The van der Waals surface area contributed by atoms with E-state index in [0.717, 1.165) is 35.1 Å². The first kappa shape index (κ1) is 26.3. The van der Waals surface area contributed by atoms with Gasteiger partial charge in [-0.1, -0.05) is 42.0 Å². The zero-order valence-corrected chi connectivity index (χ0v) is 21.8. The van der Waals surface area contributed by atoms with E-state index in [4.69, 9.17) is 4.74 Å². The number of hydrogen-bond acceptors (Lipinski definition) is 4. The molecule has 0 aliphatic heterocycles. The summed E-state index contributed by atoms with van der Waals surface area (Å²) in [6.07, 6.45) is 0.954. The quantitative estimate of drug-likeness (QED) is 0.572. The van der Waals surface area contributed by atoms with Crippen LogP contribution in [0.2, 0.25) is 0 Å². The number of hydrogen-bond donors (Lipinski definition) is 2. The van der Waals surface area contributed by atoms with E-state index in [9.17, 15) is 14.4 Å². The van der Waals surface area contributed by atoms with E-state index in [1.54, 1.807) is 32.6 Å². The summed E-state index contributed by atoms with van der Waals surface area (Å²) in [4.78, 5) is 41.5. The summed E-state index contributed by atoms with van der Waals surface area (Å²) in [6, 6.07) is 11.7. The van der Waals surface area contributed by atoms with E-state index in [0.29, 0.717) is 5.69 Å². The molecule has 1 aliphatic carbocycles. The Bertz CT molecular complexity index is 1100. The molecule has 2 unspecified atom stereocenters. The molecule has 0 aromatic heterocycles. The Morgan fingerprint density at radius 1 is 1.00 bits per heavy atom. The van der Waals surface area contributed by atoms with Crippen LogP contribution in [0.15, 0.2) is 42.5 Å². The van der Waals surface area contributed by atoms with E-state index in [-0.39, 0.29) is 17.9 Å². The molecule has 1 fully saturated rings. The number of rotatable bonds is 7. The van der Waals surface area contributed by atoms with Gasteiger partial charge in [-0.05, 0) is 84.1 Å². The van der Waals surface area contributed by atoms with Gasteiger partial charge in [0, 0.05) is 11.7 Å². The van der Waals surface area contributed by atoms with Gasteiger partial charge in [-0.2, -0.15) is 0 Å². The summed E-state index contributed by atoms with van der Waals surface area (Å²) in [5.41, 5.74) is 3.74. The van der Waals surface area contributed by atoms with Gasteiger partial charge in [0.05, 0.1) is 0 Å². The van der Waals surface area contributed by atoms with Crippen LogP contribution in [0.5, 0.6) is 0 Å². The number of benzene rings is 2. The lowest BCUT2D eigenvalue weighted by Gasteiger charge is -2.34. The normalized spacial score (nSPS) is 15.1. The molecule has 2 atom stereocenters. The summed E-state index contributed by atoms with van der Waals surface area (Å²) in [5, 5.41) is 5.68. The first-order chi connectivity index (χ1) is 16.4. The molecule has 0 heterocycles. The molecule has 35 heavy (non-hydrogen) atoms.